The molecule has 1 aliphatic rings. The van der Waals surface area contributed by atoms with Gasteiger partial charge in [0.25, 0.3) is 0 Å². The number of nitrogens with one attached hydrogen (secondary N) is 1. The van der Waals surface area contributed by atoms with Crippen molar-refractivity contribution in [2.75, 3.05) is 13.1 Å². The van der Waals surface area contributed by atoms with E-state index in [9.17, 15) is 8.42 Å². The van der Waals surface area contributed by atoms with Gasteiger partial charge in [-0.05, 0) is 44.4 Å². The first-order chi connectivity index (χ1) is 10.0. The number of hydrogen-bond acceptors (Lipinski definition) is 4. The molecule has 114 valence electrons. The van der Waals surface area contributed by atoms with Crippen LogP contribution in [0.2, 0.25) is 0 Å². The van der Waals surface area contributed by atoms with Crippen LogP contribution in [0, 0.1) is 5.92 Å². The molecule has 0 spiro atoms. The Labute approximate surface area is 124 Å². The van der Waals surface area contributed by atoms with Gasteiger partial charge in [0.2, 0.25) is 10.0 Å². The molecule has 21 heavy (non-hydrogen) atoms. The standard InChI is InChI=1S/C14H20N4O2S/c1-10-4-5-11(7-15)9-18(10)21(19,20)13-8-17-14-12(13)3-2-6-16-14/h2-3,6,8,10-11H,4-5,7,9,15H2,1H3,(H,16,17). The summed E-state index contributed by atoms with van der Waals surface area (Å²) in [6.07, 6.45) is 5.01. The third kappa shape index (κ3) is 2.45. The van der Waals surface area contributed by atoms with Crippen molar-refractivity contribution in [3.8, 4) is 0 Å². The average molecular weight is 308 g/mol. The van der Waals surface area contributed by atoms with E-state index in [0.717, 1.165) is 12.8 Å². The van der Waals surface area contributed by atoms with Gasteiger partial charge in [0, 0.05) is 30.4 Å². The van der Waals surface area contributed by atoms with Crippen LogP contribution < -0.4 is 5.73 Å². The predicted octanol–water partition coefficient (Wildman–Crippen LogP) is 1.31. The molecule has 6 nitrogen and oxygen atoms in total. The number of sulfonamides is 1. The topological polar surface area (TPSA) is 92.1 Å². The van der Waals surface area contributed by atoms with Crippen LogP contribution in [0.3, 0.4) is 0 Å². The highest BCUT2D eigenvalue weighted by atomic mass is 32.2. The molecule has 3 rings (SSSR count). The highest BCUT2D eigenvalue weighted by molar-refractivity contribution is 7.89. The Balaban J connectivity index is 2.03. The Morgan fingerprint density at radius 1 is 1.48 bits per heavy atom. The van der Waals surface area contributed by atoms with Gasteiger partial charge in [-0.15, -0.1) is 0 Å². The number of hydrogen-bond donors (Lipinski definition) is 2. The lowest BCUT2D eigenvalue weighted by molar-refractivity contribution is 0.211. The highest BCUT2D eigenvalue weighted by Crippen LogP contribution is 2.30. The van der Waals surface area contributed by atoms with Crippen molar-refractivity contribution in [1.29, 1.82) is 0 Å². The Bertz CT molecular complexity index is 740. The van der Waals surface area contributed by atoms with Crippen LogP contribution in [-0.2, 0) is 10.0 Å². The fraction of sp³-hybridized carbons (Fsp3) is 0.500. The first-order valence-corrected chi connectivity index (χ1v) is 8.62. The van der Waals surface area contributed by atoms with E-state index in [1.54, 1.807) is 22.6 Å². The molecule has 0 saturated carbocycles. The minimum Gasteiger partial charge on any atom is -0.345 e. The Morgan fingerprint density at radius 3 is 3.05 bits per heavy atom. The zero-order chi connectivity index (χ0) is 15.0. The molecular formula is C14H20N4O2S. The van der Waals surface area contributed by atoms with E-state index in [-0.39, 0.29) is 12.0 Å². The summed E-state index contributed by atoms with van der Waals surface area (Å²) >= 11 is 0. The first-order valence-electron chi connectivity index (χ1n) is 7.18. The Kier molecular flexibility index (Phi) is 3.73. The number of fused-ring (bicyclic) bond motifs is 1. The van der Waals surface area contributed by atoms with Crippen LogP contribution in [0.4, 0.5) is 0 Å². The minimum absolute atomic E-state index is 0.000536. The van der Waals surface area contributed by atoms with E-state index in [1.807, 2.05) is 6.92 Å². The summed E-state index contributed by atoms with van der Waals surface area (Å²) in [4.78, 5) is 7.38. The van der Waals surface area contributed by atoms with Gasteiger partial charge in [0.15, 0.2) is 0 Å². The number of aromatic amines is 1. The Hall–Kier alpha value is -1.44. The zero-order valence-electron chi connectivity index (χ0n) is 12.0. The number of nitrogens with two attached hydrogens (primary N) is 1. The third-order valence-corrected chi connectivity index (χ3v) is 6.28. The molecule has 2 aromatic rings. The molecule has 3 N–H and O–H groups in total. The molecule has 7 heteroatoms. The lowest BCUT2D eigenvalue weighted by atomic mass is 9.96. The van der Waals surface area contributed by atoms with Crippen molar-refractivity contribution in [2.45, 2.75) is 30.7 Å². The lowest BCUT2D eigenvalue weighted by Crippen LogP contribution is -2.46. The molecule has 2 aromatic heterocycles. The molecule has 2 atom stereocenters. The minimum atomic E-state index is -3.53. The second kappa shape index (κ2) is 5.40. The van der Waals surface area contributed by atoms with Gasteiger partial charge < -0.3 is 10.7 Å². The van der Waals surface area contributed by atoms with Crippen molar-refractivity contribution in [2.24, 2.45) is 11.7 Å². The molecule has 0 amide bonds. The monoisotopic (exact) mass is 308 g/mol. The van der Waals surface area contributed by atoms with Crippen LogP contribution in [-0.4, -0.2) is 41.8 Å². The quantitative estimate of drug-likeness (QED) is 0.894. The van der Waals surface area contributed by atoms with Gasteiger partial charge >= 0.3 is 0 Å². The van der Waals surface area contributed by atoms with Crippen LogP contribution >= 0.6 is 0 Å². The SMILES string of the molecule is CC1CCC(CN)CN1S(=O)(=O)c1c[nH]c2ncccc12. The summed E-state index contributed by atoms with van der Waals surface area (Å²) in [5.41, 5.74) is 6.32. The molecule has 1 saturated heterocycles. The lowest BCUT2D eigenvalue weighted by Gasteiger charge is -2.36. The maximum Gasteiger partial charge on any atom is 0.245 e. The van der Waals surface area contributed by atoms with Crippen LogP contribution in [0.5, 0.6) is 0 Å². The van der Waals surface area contributed by atoms with E-state index < -0.39 is 10.0 Å². The van der Waals surface area contributed by atoms with Crippen molar-refractivity contribution in [3.63, 3.8) is 0 Å². The average Bonchev–Trinajstić information content (AvgIpc) is 2.92. The number of rotatable bonds is 3. The third-order valence-electron chi connectivity index (χ3n) is 4.26. The molecule has 1 aliphatic heterocycles. The molecule has 1 fully saturated rings. The molecule has 2 unspecified atom stereocenters. The van der Waals surface area contributed by atoms with Crippen molar-refractivity contribution < 1.29 is 8.42 Å². The first kappa shape index (κ1) is 14.5. The molecule has 0 aromatic carbocycles. The summed E-state index contributed by atoms with van der Waals surface area (Å²) in [6.45, 7) is 2.97. The second-order valence-corrected chi connectivity index (χ2v) is 7.51. The normalized spacial score (nSPS) is 24.5. The number of aromatic nitrogens is 2. The smallest absolute Gasteiger partial charge is 0.245 e. The second-order valence-electron chi connectivity index (χ2n) is 5.66. The maximum absolute atomic E-state index is 13.0. The Morgan fingerprint density at radius 2 is 2.29 bits per heavy atom. The largest absolute Gasteiger partial charge is 0.345 e. The molecule has 3 heterocycles. The maximum atomic E-state index is 13.0. The number of H-pyrrole nitrogens is 1. The van der Waals surface area contributed by atoms with Crippen LogP contribution in [0.25, 0.3) is 11.0 Å². The summed E-state index contributed by atoms with van der Waals surface area (Å²) < 4.78 is 27.5. The van der Waals surface area contributed by atoms with Gasteiger partial charge in [-0.1, -0.05) is 0 Å². The van der Waals surface area contributed by atoms with Crippen molar-refractivity contribution in [1.82, 2.24) is 14.3 Å². The molecule has 0 aliphatic carbocycles. The fourth-order valence-corrected chi connectivity index (χ4v) is 4.83. The van der Waals surface area contributed by atoms with Crippen molar-refractivity contribution >= 4 is 21.1 Å². The highest BCUT2D eigenvalue weighted by Gasteiger charge is 2.35. The van der Waals surface area contributed by atoms with Crippen molar-refractivity contribution in [3.05, 3.63) is 24.5 Å². The summed E-state index contributed by atoms with van der Waals surface area (Å²) in [7, 11) is -3.53. The molecule has 0 bridgehead atoms. The summed E-state index contributed by atoms with van der Waals surface area (Å²) in [5, 5.41) is 0.638. The van der Waals surface area contributed by atoms with Crippen LogP contribution in [0.1, 0.15) is 19.8 Å². The molecular weight excluding hydrogens is 288 g/mol. The van der Waals surface area contributed by atoms with Gasteiger partial charge in [-0.2, -0.15) is 4.31 Å². The number of nitrogens with zero attached hydrogens (tertiary/aromatic N) is 2. The van der Waals surface area contributed by atoms with E-state index in [2.05, 4.69) is 9.97 Å². The van der Waals surface area contributed by atoms with Gasteiger partial charge in [0.05, 0.1) is 0 Å². The number of piperidine rings is 1. The summed E-state index contributed by atoms with van der Waals surface area (Å²) in [6, 6.07) is 3.53. The fourth-order valence-electron chi connectivity index (χ4n) is 2.94. The van der Waals surface area contributed by atoms with E-state index in [4.69, 9.17) is 5.73 Å². The van der Waals surface area contributed by atoms with Gasteiger partial charge in [0.1, 0.15) is 10.5 Å². The van der Waals surface area contributed by atoms with E-state index in [0.29, 0.717) is 29.0 Å². The van der Waals surface area contributed by atoms with E-state index >= 15 is 0 Å². The predicted molar refractivity (Wildman–Crippen MR) is 81.2 cm³/mol. The number of pyridine rings is 1. The van der Waals surface area contributed by atoms with E-state index in [1.165, 1.54) is 6.20 Å². The van der Waals surface area contributed by atoms with Gasteiger partial charge in [-0.3, -0.25) is 0 Å². The molecule has 0 radical (unpaired) electrons. The summed E-state index contributed by atoms with van der Waals surface area (Å²) in [5.74, 6) is 0.235. The van der Waals surface area contributed by atoms with Gasteiger partial charge in [-0.25, -0.2) is 13.4 Å². The van der Waals surface area contributed by atoms with Crippen LogP contribution in [0.15, 0.2) is 29.4 Å². The zero-order valence-corrected chi connectivity index (χ0v) is 12.8.